The Balaban J connectivity index is 1.74. The third kappa shape index (κ3) is 4.06. The van der Waals surface area contributed by atoms with Crippen molar-refractivity contribution < 1.29 is 23.8 Å². The summed E-state index contributed by atoms with van der Waals surface area (Å²) < 4.78 is 11.0. The number of oxazole rings is 1. The zero-order chi connectivity index (χ0) is 17.8. The molecule has 1 fully saturated rings. The van der Waals surface area contributed by atoms with E-state index >= 15 is 0 Å². The molecule has 1 saturated heterocycles. The van der Waals surface area contributed by atoms with E-state index in [2.05, 4.69) is 10.3 Å². The van der Waals surface area contributed by atoms with Crippen LogP contribution in [-0.4, -0.2) is 41.2 Å². The first-order valence-electron chi connectivity index (χ1n) is 8.18. The highest BCUT2D eigenvalue weighted by Crippen LogP contribution is 2.23. The van der Waals surface area contributed by atoms with Gasteiger partial charge in [0.1, 0.15) is 0 Å². The van der Waals surface area contributed by atoms with Crippen LogP contribution in [0.4, 0.5) is 0 Å². The first-order chi connectivity index (χ1) is 12.0. The molecule has 7 nitrogen and oxygen atoms in total. The lowest BCUT2D eigenvalue weighted by Gasteiger charge is -2.31. The average molecular weight is 344 g/mol. The Kier molecular flexibility index (Phi) is 5.14. The topological polar surface area (TPSA) is 102 Å². The molecule has 1 amide bonds. The molecule has 1 aromatic heterocycles. The van der Waals surface area contributed by atoms with Crippen LogP contribution in [0.15, 0.2) is 34.7 Å². The van der Waals surface area contributed by atoms with Crippen molar-refractivity contribution in [3.63, 3.8) is 0 Å². The number of carboxylic acids is 1. The molecule has 2 heterocycles. The van der Waals surface area contributed by atoms with E-state index in [1.807, 2.05) is 30.3 Å². The first-order valence-corrected chi connectivity index (χ1v) is 8.18. The van der Waals surface area contributed by atoms with Gasteiger partial charge < -0.3 is 19.6 Å². The van der Waals surface area contributed by atoms with Gasteiger partial charge in [-0.2, -0.15) is 0 Å². The Hall–Kier alpha value is -2.67. The van der Waals surface area contributed by atoms with Crippen LogP contribution in [-0.2, 0) is 9.53 Å². The summed E-state index contributed by atoms with van der Waals surface area (Å²) in [4.78, 5) is 27.9. The third-order valence-corrected chi connectivity index (χ3v) is 4.25. The van der Waals surface area contributed by atoms with Gasteiger partial charge in [-0.15, -0.1) is 0 Å². The molecule has 0 saturated carbocycles. The molecule has 7 heteroatoms. The van der Waals surface area contributed by atoms with E-state index in [0.29, 0.717) is 31.2 Å². The summed E-state index contributed by atoms with van der Waals surface area (Å²) in [5, 5.41) is 11.9. The molecule has 0 radical (unpaired) electrons. The van der Waals surface area contributed by atoms with Crippen LogP contribution in [0, 0.1) is 12.8 Å². The van der Waals surface area contributed by atoms with Crippen molar-refractivity contribution in [1.82, 2.24) is 10.3 Å². The van der Waals surface area contributed by atoms with Crippen molar-refractivity contribution in [3.8, 4) is 11.5 Å². The molecular formula is C18H20N2O5. The second-order valence-corrected chi connectivity index (χ2v) is 6.10. The highest BCUT2D eigenvalue weighted by molar-refractivity contribution is 5.93. The zero-order valence-electron chi connectivity index (χ0n) is 13.9. The van der Waals surface area contributed by atoms with Crippen molar-refractivity contribution in [3.05, 3.63) is 41.8 Å². The van der Waals surface area contributed by atoms with Crippen LogP contribution < -0.4 is 5.32 Å². The van der Waals surface area contributed by atoms with Gasteiger partial charge in [-0.25, -0.2) is 4.98 Å². The van der Waals surface area contributed by atoms with Crippen LogP contribution in [0.3, 0.4) is 0 Å². The van der Waals surface area contributed by atoms with Gasteiger partial charge in [0.05, 0.1) is 18.7 Å². The molecule has 1 aliphatic heterocycles. The lowest BCUT2D eigenvalue weighted by molar-refractivity contribution is -0.139. The minimum absolute atomic E-state index is 0.0460. The largest absolute Gasteiger partial charge is 0.481 e. The summed E-state index contributed by atoms with van der Waals surface area (Å²) in [6, 6.07) is 9.07. The summed E-state index contributed by atoms with van der Waals surface area (Å²) in [5.41, 5.74) is 1.29. The van der Waals surface area contributed by atoms with Crippen LogP contribution in [0.25, 0.3) is 11.5 Å². The molecule has 2 atom stereocenters. The van der Waals surface area contributed by atoms with Gasteiger partial charge >= 0.3 is 5.97 Å². The molecule has 132 valence electrons. The van der Waals surface area contributed by atoms with Crippen molar-refractivity contribution >= 4 is 11.9 Å². The van der Waals surface area contributed by atoms with Gasteiger partial charge in [-0.05, 0) is 25.5 Å². The van der Waals surface area contributed by atoms with Gasteiger partial charge in [-0.1, -0.05) is 18.2 Å². The smallest absolute Gasteiger partial charge is 0.303 e. The molecule has 0 spiro atoms. The highest BCUT2D eigenvalue weighted by atomic mass is 16.5. The fraction of sp³-hybridized carbons (Fsp3) is 0.389. The number of carbonyl (C=O) groups is 2. The molecule has 1 aromatic carbocycles. The number of benzene rings is 1. The maximum absolute atomic E-state index is 12.6. The van der Waals surface area contributed by atoms with Crippen molar-refractivity contribution in [1.29, 1.82) is 0 Å². The Labute approximate surface area is 145 Å². The first kappa shape index (κ1) is 17.2. The molecular weight excluding hydrogens is 324 g/mol. The number of aromatic nitrogens is 1. The third-order valence-electron chi connectivity index (χ3n) is 4.25. The molecule has 3 rings (SSSR count). The second kappa shape index (κ2) is 7.48. The van der Waals surface area contributed by atoms with Crippen LogP contribution in [0.5, 0.6) is 0 Å². The van der Waals surface area contributed by atoms with Gasteiger partial charge in [0, 0.05) is 24.1 Å². The minimum Gasteiger partial charge on any atom is -0.481 e. The molecule has 2 unspecified atom stereocenters. The number of aliphatic carboxylic acids is 1. The highest BCUT2D eigenvalue weighted by Gasteiger charge is 2.30. The van der Waals surface area contributed by atoms with Crippen LogP contribution >= 0.6 is 0 Å². The summed E-state index contributed by atoms with van der Waals surface area (Å²) in [7, 11) is 0. The number of hydrogen-bond acceptors (Lipinski definition) is 5. The maximum atomic E-state index is 12.6. The number of nitrogens with zero attached hydrogens (tertiary/aromatic N) is 1. The van der Waals surface area contributed by atoms with Gasteiger partial charge in [0.15, 0.2) is 0 Å². The number of nitrogens with one attached hydrogen (secondary N) is 1. The van der Waals surface area contributed by atoms with Crippen LogP contribution in [0.2, 0.25) is 0 Å². The number of carbonyl (C=O) groups excluding carboxylic acids is 1. The molecule has 0 bridgehead atoms. The molecule has 1 aliphatic rings. The van der Waals surface area contributed by atoms with Gasteiger partial charge in [0.25, 0.3) is 5.91 Å². The lowest BCUT2D eigenvalue weighted by atomic mass is 9.92. The van der Waals surface area contributed by atoms with E-state index in [1.165, 1.54) is 0 Å². The Bertz CT molecular complexity index is 756. The Morgan fingerprint density at radius 3 is 2.80 bits per heavy atom. The molecule has 0 aliphatic carbocycles. The van der Waals surface area contributed by atoms with Crippen molar-refractivity contribution in [2.45, 2.75) is 25.8 Å². The van der Waals surface area contributed by atoms with Gasteiger partial charge in [0.2, 0.25) is 11.7 Å². The summed E-state index contributed by atoms with van der Waals surface area (Å²) >= 11 is 0. The van der Waals surface area contributed by atoms with E-state index in [1.54, 1.807) is 6.92 Å². The summed E-state index contributed by atoms with van der Waals surface area (Å²) in [6.07, 6.45) is 0.526. The Morgan fingerprint density at radius 2 is 2.08 bits per heavy atom. The Morgan fingerprint density at radius 1 is 1.32 bits per heavy atom. The predicted octanol–water partition coefficient (Wildman–Crippen LogP) is 2.26. The minimum atomic E-state index is -0.906. The number of rotatable bonds is 5. The predicted molar refractivity (Wildman–Crippen MR) is 89.1 cm³/mol. The van der Waals surface area contributed by atoms with E-state index in [4.69, 9.17) is 14.3 Å². The number of carboxylic acid groups (broad SMARTS) is 1. The van der Waals surface area contributed by atoms with Crippen LogP contribution in [0.1, 0.15) is 29.1 Å². The van der Waals surface area contributed by atoms with E-state index in [0.717, 1.165) is 5.56 Å². The fourth-order valence-corrected chi connectivity index (χ4v) is 2.96. The van der Waals surface area contributed by atoms with E-state index in [-0.39, 0.29) is 30.0 Å². The number of amides is 1. The standard InChI is InChI=1S/C18H20N2O5/c1-11-16(25-18(19-11)12-5-3-2-4-6-12)17(23)20-14-7-8-24-10-13(14)9-15(21)22/h2-6,13-14H,7-10H2,1H3,(H,20,23)(H,21,22). The second-order valence-electron chi connectivity index (χ2n) is 6.10. The molecule has 2 N–H and O–H groups in total. The number of ether oxygens (including phenoxy) is 1. The fourth-order valence-electron chi connectivity index (χ4n) is 2.96. The summed E-state index contributed by atoms with van der Waals surface area (Å²) in [6.45, 7) is 2.52. The molecule has 2 aromatic rings. The molecule has 25 heavy (non-hydrogen) atoms. The normalized spacial score (nSPS) is 20.2. The van der Waals surface area contributed by atoms with E-state index < -0.39 is 5.97 Å². The quantitative estimate of drug-likeness (QED) is 0.863. The van der Waals surface area contributed by atoms with Crippen molar-refractivity contribution in [2.24, 2.45) is 5.92 Å². The maximum Gasteiger partial charge on any atom is 0.303 e. The van der Waals surface area contributed by atoms with Crippen molar-refractivity contribution in [2.75, 3.05) is 13.2 Å². The number of aryl methyl sites for hydroxylation is 1. The zero-order valence-corrected chi connectivity index (χ0v) is 13.9. The lowest BCUT2D eigenvalue weighted by Crippen LogP contribution is -2.46. The average Bonchev–Trinajstić information content (AvgIpc) is 2.99. The monoisotopic (exact) mass is 344 g/mol. The van der Waals surface area contributed by atoms with E-state index in [9.17, 15) is 9.59 Å². The number of hydrogen-bond donors (Lipinski definition) is 2. The summed E-state index contributed by atoms with van der Waals surface area (Å²) in [5.74, 6) is -1.00. The SMILES string of the molecule is Cc1nc(-c2ccccc2)oc1C(=O)NC1CCOCC1CC(=O)O. The van der Waals surface area contributed by atoms with Gasteiger partial charge in [-0.3, -0.25) is 9.59 Å².